The van der Waals surface area contributed by atoms with E-state index in [4.69, 9.17) is 31.0 Å². The number of rotatable bonds is 6. The van der Waals surface area contributed by atoms with E-state index in [2.05, 4.69) is 16.3 Å². The van der Waals surface area contributed by atoms with Gasteiger partial charge in [0, 0.05) is 29.6 Å². The number of nitrogens with one attached hydrogen (secondary N) is 1. The van der Waals surface area contributed by atoms with Crippen molar-refractivity contribution in [2.24, 2.45) is 0 Å². The Bertz CT molecular complexity index is 1230. The molecule has 4 heterocycles. The third-order valence-corrected chi connectivity index (χ3v) is 7.51. The molecule has 0 spiro atoms. The van der Waals surface area contributed by atoms with Gasteiger partial charge in [0.15, 0.2) is 12.4 Å². The predicted octanol–water partition coefficient (Wildman–Crippen LogP) is 3.94. The van der Waals surface area contributed by atoms with Crippen LogP contribution in [0.1, 0.15) is 23.2 Å². The summed E-state index contributed by atoms with van der Waals surface area (Å²) in [5.74, 6) is 2.26. The molecule has 3 aliphatic rings. The molecule has 1 aromatic carbocycles. The first-order chi connectivity index (χ1) is 16.1. The summed E-state index contributed by atoms with van der Waals surface area (Å²) in [6.07, 6.45) is 4.00. The molecule has 1 N–H and O–H groups in total. The molecule has 3 aromatic rings. The number of amides is 1. The maximum Gasteiger partial charge on any atom is 0.258 e. The van der Waals surface area contributed by atoms with E-state index < -0.39 is 0 Å². The molecule has 0 unspecified atom stereocenters. The van der Waals surface area contributed by atoms with Gasteiger partial charge in [0.05, 0.1) is 28.5 Å². The summed E-state index contributed by atoms with van der Waals surface area (Å²) < 4.78 is 11.6. The first kappa shape index (κ1) is 20.9. The normalized spacial score (nSPS) is 16.9. The van der Waals surface area contributed by atoms with Gasteiger partial charge in [0.1, 0.15) is 11.6 Å². The minimum atomic E-state index is -0.131. The fourth-order valence-corrected chi connectivity index (χ4v) is 5.56. The summed E-state index contributed by atoms with van der Waals surface area (Å²) in [6, 6.07) is 10.0. The molecular formula is C24H23ClN4O3S. The van der Waals surface area contributed by atoms with Crippen LogP contribution in [-0.4, -0.2) is 48.3 Å². The van der Waals surface area contributed by atoms with Crippen LogP contribution in [0.5, 0.6) is 5.75 Å². The molecule has 1 aliphatic carbocycles. The average molecular weight is 483 g/mol. The third kappa shape index (κ3) is 4.07. The van der Waals surface area contributed by atoms with Gasteiger partial charge in [-0.05, 0) is 49.4 Å². The molecule has 6 rings (SSSR count). The van der Waals surface area contributed by atoms with Gasteiger partial charge < -0.3 is 19.7 Å². The molecule has 0 radical (unpaired) electrons. The molecule has 2 aliphatic heterocycles. The van der Waals surface area contributed by atoms with Crippen molar-refractivity contribution < 1.29 is 14.3 Å². The zero-order chi connectivity index (χ0) is 22.4. The monoisotopic (exact) mass is 482 g/mol. The van der Waals surface area contributed by atoms with Crippen LogP contribution >= 0.6 is 22.9 Å². The second-order valence-corrected chi connectivity index (χ2v) is 10.3. The number of fused-ring (bicyclic) bond motifs is 2. The van der Waals surface area contributed by atoms with Crippen molar-refractivity contribution in [1.29, 1.82) is 0 Å². The zero-order valence-corrected chi connectivity index (χ0v) is 19.5. The Balaban J connectivity index is 1.28. The van der Waals surface area contributed by atoms with Crippen LogP contribution in [0.25, 0.3) is 10.7 Å². The molecule has 9 heteroatoms. The van der Waals surface area contributed by atoms with Crippen LogP contribution in [0.3, 0.4) is 0 Å². The lowest BCUT2D eigenvalue weighted by Gasteiger charge is -2.26. The second-order valence-electron chi connectivity index (χ2n) is 8.54. The summed E-state index contributed by atoms with van der Waals surface area (Å²) >= 11 is 7.67. The highest BCUT2D eigenvalue weighted by Gasteiger charge is 2.29. The number of aromatic nitrogens is 2. The number of anilines is 2. The summed E-state index contributed by atoms with van der Waals surface area (Å²) in [5, 5.41) is 2.90. The summed E-state index contributed by atoms with van der Waals surface area (Å²) in [6.45, 7) is 1.99. The van der Waals surface area contributed by atoms with Crippen molar-refractivity contribution >= 4 is 40.4 Å². The molecule has 0 saturated carbocycles. The topological polar surface area (TPSA) is 76.6 Å². The smallest absolute Gasteiger partial charge is 0.258 e. The number of hydrogen-bond donors (Lipinski definition) is 1. The van der Waals surface area contributed by atoms with Gasteiger partial charge in [0.2, 0.25) is 0 Å². The van der Waals surface area contributed by atoms with Crippen LogP contribution < -0.4 is 15.0 Å². The number of carbonyl (C=O) groups excluding carboxylic acids is 1. The predicted molar refractivity (Wildman–Crippen MR) is 128 cm³/mol. The van der Waals surface area contributed by atoms with Crippen molar-refractivity contribution in [1.82, 2.24) is 15.3 Å². The summed E-state index contributed by atoms with van der Waals surface area (Å²) in [5.41, 5.74) is 4.72. The molecule has 1 saturated heterocycles. The van der Waals surface area contributed by atoms with E-state index in [1.807, 2.05) is 24.3 Å². The van der Waals surface area contributed by atoms with Crippen molar-refractivity contribution in [3.63, 3.8) is 0 Å². The van der Waals surface area contributed by atoms with Crippen LogP contribution in [0.15, 0.2) is 30.3 Å². The third-order valence-electron chi connectivity index (χ3n) is 6.29. The van der Waals surface area contributed by atoms with E-state index in [0.29, 0.717) is 19.0 Å². The van der Waals surface area contributed by atoms with Crippen molar-refractivity contribution in [3.05, 3.63) is 51.5 Å². The minimum absolute atomic E-state index is 0.0124. The Labute approximate surface area is 200 Å². The lowest BCUT2D eigenvalue weighted by Crippen LogP contribution is -2.49. The van der Waals surface area contributed by atoms with E-state index in [9.17, 15) is 4.79 Å². The molecular weight excluding hydrogens is 460 g/mol. The fraction of sp³-hybridized carbons (Fsp3) is 0.375. The highest BCUT2D eigenvalue weighted by Crippen LogP contribution is 2.41. The number of benzene rings is 1. The van der Waals surface area contributed by atoms with Gasteiger partial charge in [-0.25, -0.2) is 9.97 Å². The number of thiophene rings is 1. The van der Waals surface area contributed by atoms with E-state index in [0.717, 1.165) is 64.5 Å². The van der Waals surface area contributed by atoms with E-state index in [-0.39, 0.29) is 18.6 Å². The van der Waals surface area contributed by atoms with Gasteiger partial charge in [-0.15, -0.1) is 11.3 Å². The number of hydrogen-bond acceptors (Lipinski definition) is 7. The maximum atomic E-state index is 12.1. The quantitative estimate of drug-likeness (QED) is 0.573. The lowest BCUT2D eigenvalue weighted by molar-refractivity contribution is -0.127. The van der Waals surface area contributed by atoms with E-state index in [1.165, 1.54) is 22.5 Å². The number of ether oxygens (including phenoxy) is 2. The molecule has 7 nitrogen and oxygen atoms in total. The van der Waals surface area contributed by atoms with Crippen molar-refractivity contribution in [3.8, 4) is 16.5 Å². The van der Waals surface area contributed by atoms with E-state index >= 15 is 0 Å². The average Bonchev–Trinajstić information content (AvgIpc) is 3.53. The molecule has 2 aromatic heterocycles. The number of nitrogens with zero attached hydrogens (tertiary/aromatic N) is 3. The van der Waals surface area contributed by atoms with Crippen LogP contribution in [0.4, 0.5) is 11.5 Å². The Kier molecular flexibility index (Phi) is 5.44. The maximum absolute atomic E-state index is 12.1. The Morgan fingerprint density at radius 3 is 2.91 bits per heavy atom. The first-order valence-corrected chi connectivity index (χ1v) is 12.4. The van der Waals surface area contributed by atoms with Crippen LogP contribution in [0, 0.1) is 0 Å². The highest BCUT2D eigenvalue weighted by atomic mass is 35.5. The first-order valence-electron chi connectivity index (χ1n) is 11.2. The van der Waals surface area contributed by atoms with Crippen molar-refractivity contribution in [2.45, 2.75) is 31.7 Å². The van der Waals surface area contributed by atoms with Crippen LogP contribution in [-0.2, 0) is 28.8 Å². The standard InChI is InChI=1S/C24H23ClN4O3S/c25-21-7-6-20(33-21)23-27-18-3-1-2-17(18)24(28-23)29-9-8-14-4-5-16(10-19(14)29)32-13-22(30)26-15-11-31-12-15/h4-7,10,15H,1-3,8-9,11-13H2,(H,26,30). The molecule has 1 amide bonds. The largest absolute Gasteiger partial charge is 0.484 e. The Morgan fingerprint density at radius 1 is 1.21 bits per heavy atom. The second kappa shape index (κ2) is 8.59. The Morgan fingerprint density at radius 2 is 2.12 bits per heavy atom. The summed E-state index contributed by atoms with van der Waals surface area (Å²) in [7, 11) is 0. The fourth-order valence-electron chi connectivity index (χ4n) is 4.59. The minimum Gasteiger partial charge on any atom is -0.484 e. The SMILES string of the molecule is O=C(COc1ccc2c(c1)N(c1nc(-c3ccc(Cl)s3)nc3c1CCC3)CC2)NC1COC1. The number of carbonyl (C=O) groups is 1. The Hall–Kier alpha value is -2.68. The zero-order valence-electron chi connectivity index (χ0n) is 18.0. The molecule has 33 heavy (non-hydrogen) atoms. The molecule has 170 valence electrons. The molecule has 1 fully saturated rings. The lowest BCUT2D eigenvalue weighted by atomic mass is 10.1. The highest BCUT2D eigenvalue weighted by molar-refractivity contribution is 7.19. The molecule has 0 bridgehead atoms. The number of aryl methyl sites for hydroxylation is 1. The molecule has 0 atom stereocenters. The van der Waals surface area contributed by atoms with Crippen molar-refractivity contribution in [2.75, 3.05) is 31.3 Å². The number of halogens is 1. The van der Waals surface area contributed by atoms with E-state index in [1.54, 1.807) is 0 Å². The van der Waals surface area contributed by atoms with Gasteiger partial charge in [-0.1, -0.05) is 17.7 Å². The van der Waals surface area contributed by atoms with Gasteiger partial charge in [-0.3, -0.25) is 4.79 Å². The van der Waals surface area contributed by atoms with Gasteiger partial charge in [-0.2, -0.15) is 0 Å². The van der Waals surface area contributed by atoms with Crippen LogP contribution in [0.2, 0.25) is 4.34 Å². The van der Waals surface area contributed by atoms with Gasteiger partial charge in [0.25, 0.3) is 5.91 Å². The summed E-state index contributed by atoms with van der Waals surface area (Å²) in [4.78, 5) is 25.2. The van der Waals surface area contributed by atoms with Gasteiger partial charge >= 0.3 is 0 Å².